The number of hydrogen-bond acceptors (Lipinski definition) is 6. The predicted molar refractivity (Wildman–Crippen MR) is 142 cm³/mol. The third-order valence-corrected chi connectivity index (χ3v) is 10.9. The Hall–Kier alpha value is -2.61. The van der Waals surface area contributed by atoms with Crippen LogP contribution in [0.4, 0.5) is 0 Å². The van der Waals surface area contributed by atoms with Crippen LogP contribution >= 0.6 is 0 Å². The molecule has 7 nitrogen and oxygen atoms in total. The number of benzene rings is 2. The molecule has 3 unspecified atom stereocenters. The molecule has 4 aliphatic carbocycles. The van der Waals surface area contributed by atoms with E-state index in [4.69, 9.17) is 24.7 Å². The Morgan fingerprint density at radius 2 is 1.97 bits per heavy atom. The van der Waals surface area contributed by atoms with Crippen LogP contribution in [0.1, 0.15) is 48.8 Å². The number of piperidine rings is 1. The molecule has 0 aromatic heterocycles. The van der Waals surface area contributed by atoms with E-state index >= 15 is 0 Å². The van der Waals surface area contributed by atoms with Crippen LogP contribution < -0.4 is 15.2 Å². The summed E-state index contributed by atoms with van der Waals surface area (Å²) in [4.78, 5) is 14.3. The fraction of sp³-hybridized carbons (Fsp3) is 0.581. The molecule has 2 aromatic carbocycles. The van der Waals surface area contributed by atoms with Crippen LogP contribution in [0, 0.1) is 11.3 Å². The number of fused-ring (bicyclic) bond motifs is 2. The number of rotatable bonds is 9. The first-order valence-corrected chi connectivity index (χ1v) is 14.1. The standard InChI is InChI=1S/C31H38N2O5/c1-35-23-9-8-21-16-24-29-11-12-31(36-2,22(17-29)19-37-18-20-6-4-3-5-7-20)28-30(29,26(21)27(23)38-28)13-15-33(24)14-10-25(32)34/h3-9,22,24,28H,10-19H2,1-2H3,(H2,32,34)/t22-,24-,28-,29?,30?,31?/m1/s1. The number of nitrogens with zero attached hydrogens (tertiary/aromatic N) is 1. The fourth-order valence-electron chi connectivity index (χ4n) is 9.46. The lowest BCUT2D eigenvalue weighted by Gasteiger charge is -2.74. The summed E-state index contributed by atoms with van der Waals surface area (Å²) in [6.45, 7) is 2.87. The maximum Gasteiger partial charge on any atom is 0.218 e. The summed E-state index contributed by atoms with van der Waals surface area (Å²) in [5.74, 6) is 1.73. The quantitative estimate of drug-likeness (QED) is 0.546. The molecule has 4 fully saturated rings. The van der Waals surface area contributed by atoms with Crippen molar-refractivity contribution in [3.8, 4) is 11.5 Å². The summed E-state index contributed by atoms with van der Waals surface area (Å²) in [7, 11) is 3.60. The summed E-state index contributed by atoms with van der Waals surface area (Å²) in [6.07, 6.45) is 5.32. The average molecular weight is 519 g/mol. The van der Waals surface area contributed by atoms with Gasteiger partial charge in [-0.3, -0.25) is 9.69 Å². The van der Waals surface area contributed by atoms with E-state index in [-0.39, 0.29) is 28.8 Å². The summed E-state index contributed by atoms with van der Waals surface area (Å²) >= 11 is 0. The maximum atomic E-state index is 11.8. The summed E-state index contributed by atoms with van der Waals surface area (Å²) in [5.41, 5.74) is 9.01. The SMILES string of the molecule is COc1ccc2c3c1O[C@H]1C4(OC)CCC5(C[C@@H]4COCc4ccccc4)[C@@H](C2)N(CCC(N)=O)CCC315. The van der Waals surface area contributed by atoms with Crippen molar-refractivity contribution < 1.29 is 23.7 Å². The molecule has 2 spiro atoms. The molecule has 2 aromatic rings. The number of primary amides is 1. The third kappa shape index (κ3) is 3.04. The first kappa shape index (κ1) is 24.4. The van der Waals surface area contributed by atoms with Crippen molar-refractivity contribution in [2.45, 2.75) is 68.3 Å². The van der Waals surface area contributed by atoms with Gasteiger partial charge in [-0.25, -0.2) is 0 Å². The van der Waals surface area contributed by atoms with Crippen molar-refractivity contribution in [1.82, 2.24) is 4.90 Å². The number of methoxy groups -OCH3 is 2. The highest BCUT2D eigenvalue weighted by atomic mass is 16.6. The second kappa shape index (κ2) is 8.70. The third-order valence-electron chi connectivity index (χ3n) is 10.9. The van der Waals surface area contributed by atoms with Gasteiger partial charge in [-0.15, -0.1) is 0 Å². The number of hydrogen-bond donors (Lipinski definition) is 1. The molecule has 2 heterocycles. The molecule has 38 heavy (non-hydrogen) atoms. The van der Waals surface area contributed by atoms with Crippen molar-refractivity contribution >= 4 is 5.91 Å². The van der Waals surface area contributed by atoms with Gasteiger partial charge in [-0.05, 0) is 55.8 Å². The molecule has 7 heteroatoms. The van der Waals surface area contributed by atoms with E-state index in [9.17, 15) is 4.79 Å². The van der Waals surface area contributed by atoms with Gasteiger partial charge in [0, 0.05) is 48.4 Å². The van der Waals surface area contributed by atoms with E-state index in [2.05, 4.69) is 41.3 Å². The average Bonchev–Trinajstić information content (AvgIpc) is 3.30. The van der Waals surface area contributed by atoms with Crippen LogP contribution in [0.3, 0.4) is 0 Å². The number of likely N-dealkylation sites (tertiary alicyclic amines) is 1. The van der Waals surface area contributed by atoms with E-state index in [0.29, 0.717) is 32.2 Å². The summed E-state index contributed by atoms with van der Waals surface area (Å²) in [5, 5.41) is 0. The van der Waals surface area contributed by atoms with Crippen molar-refractivity contribution in [3.05, 3.63) is 59.2 Å². The molecule has 8 rings (SSSR count). The van der Waals surface area contributed by atoms with Crippen molar-refractivity contribution in [1.29, 1.82) is 0 Å². The van der Waals surface area contributed by atoms with Gasteiger partial charge in [0.25, 0.3) is 0 Å². The predicted octanol–water partition coefficient (Wildman–Crippen LogP) is 3.60. The highest BCUT2D eigenvalue weighted by molar-refractivity contribution is 5.74. The minimum Gasteiger partial charge on any atom is -0.493 e. The molecule has 2 N–H and O–H groups in total. The zero-order valence-corrected chi connectivity index (χ0v) is 22.4. The normalized spacial score (nSPS) is 36.0. The topological polar surface area (TPSA) is 83.2 Å². The lowest BCUT2D eigenvalue weighted by atomic mass is 9.35. The molecule has 2 aliphatic heterocycles. The van der Waals surface area contributed by atoms with Crippen LogP contribution in [0.5, 0.6) is 11.5 Å². The number of carbonyl (C=O) groups excluding carboxylic acids is 1. The van der Waals surface area contributed by atoms with Crippen molar-refractivity contribution in [3.63, 3.8) is 0 Å². The first-order valence-electron chi connectivity index (χ1n) is 14.1. The molecule has 1 amide bonds. The van der Waals surface area contributed by atoms with Gasteiger partial charge in [0.2, 0.25) is 5.91 Å². The van der Waals surface area contributed by atoms with Gasteiger partial charge in [-0.2, -0.15) is 0 Å². The van der Waals surface area contributed by atoms with Crippen LogP contribution in [0.2, 0.25) is 0 Å². The maximum absolute atomic E-state index is 11.8. The Morgan fingerprint density at radius 3 is 2.74 bits per heavy atom. The van der Waals surface area contributed by atoms with Gasteiger partial charge in [0.1, 0.15) is 11.7 Å². The smallest absolute Gasteiger partial charge is 0.218 e. The molecule has 1 saturated heterocycles. The number of ether oxygens (including phenoxy) is 4. The van der Waals surface area contributed by atoms with E-state index in [1.165, 1.54) is 16.7 Å². The highest BCUT2D eigenvalue weighted by Gasteiger charge is 2.80. The fourth-order valence-corrected chi connectivity index (χ4v) is 9.46. The Bertz CT molecular complexity index is 1250. The van der Waals surface area contributed by atoms with Gasteiger partial charge in [-0.1, -0.05) is 36.4 Å². The summed E-state index contributed by atoms with van der Waals surface area (Å²) in [6, 6.07) is 15.0. The Labute approximate surface area is 224 Å². The van der Waals surface area contributed by atoms with Crippen molar-refractivity contribution in [2.75, 3.05) is 33.9 Å². The van der Waals surface area contributed by atoms with Crippen LogP contribution in [-0.4, -0.2) is 62.5 Å². The minimum absolute atomic E-state index is 0.0270. The van der Waals surface area contributed by atoms with Gasteiger partial charge in [0.15, 0.2) is 11.5 Å². The number of amides is 1. The van der Waals surface area contributed by atoms with E-state index in [1.54, 1.807) is 7.11 Å². The second-order valence-corrected chi connectivity index (χ2v) is 12.0. The first-order chi connectivity index (χ1) is 18.5. The number of nitrogens with two attached hydrogens (primary N) is 1. The van der Waals surface area contributed by atoms with Gasteiger partial charge >= 0.3 is 0 Å². The molecular weight excluding hydrogens is 480 g/mol. The van der Waals surface area contributed by atoms with Gasteiger partial charge < -0.3 is 24.7 Å². The van der Waals surface area contributed by atoms with Crippen LogP contribution in [0.15, 0.2) is 42.5 Å². The van der Waals surface area contributed by atoms with E-state index in [0.717, 1.165) is 50.1 Å². The molecular formula is C31H38N2O5. The van der Waals surface area contributed by atoms with Crippen LogP contribution in [-0.2, 0) is 32.7 Å². The molecule has 6 aliphatic rings. The molecule has 3 saturated carbocycles. The Balaban J connectivity index is 1.31. The Kier molecular flexibility index (Phi) is 5.59. The monoisotopic (exact) mass is 518 g/mol. The van der Waals surface area contributed by atoms with E-state index < -0.39 is 5.60 Å². The van der Waals surface area contributed by atoms with E-state index in [1.807, 2.05) is 13.2 Å². The molecule has 6 atom stereocenters. The lowest BCUT2D eigenvalue weighted by molar-refractivity contribution is -0.283. The largest absolute Gasteiger partial charge is 0.493 e. The van der Waals surface area contributed by atoms with Gasteiger partial charge in [0.05, 0.1) is 20.3 Å². The summed E-state index contributed by atoms with van der Waals surface area (Å²) < 4.78 is 25.9. The second-order valence-electron chi connectivity index (χ2n) is 12.0. The highest BCUT2D eigenvalue weighted by Crippen LogP contribution is 2.76. The van der Waals surface area contributed by atoms with Crippen molar-refractivity contribution in [2.24, 2.45) is 17.1 Å². The molecule has 4 bridgehead atoms. The zero-order chi connectivity index (χ0) is 26.1. The molecule has 0 radical (unpaired) electrons. The Morgan fingerprint density at radius 1 is 1.13 bits per heavy atom. The number of carbonyl (C=O) groups is 1. The lowest BCUT2D eigenvalue weighted by Crippen LogP contribution is -2.81. The minimum atomic E-state index is -0.420. The zero-order valence-electron chi connectivity index (χ0n) is 22.4. The van der Waals surface area contributed by atoms with Crippen LogP contribution in [0.25, 0.3) is 0 Å². The molecule has 202 valence electrons.